The van der Waals surface area contributed by atoms with Crippen LogP contribution in [0.2, 0.25) is 0 Å². The summed E-state index contributed by atoms with van der Waals surface area (Å²) in [6.07, 6.45) is 5.09. The van der Waals surface area contributed by atoms with Crippen LogP contribution in [-0.4, -0.2) is 0 Å². The largest absolute Gasteiger partial charge is 0.321 e. The molecule has 1 atom stereocenters. The SMILES string of the molecule is CC1(C)CCCC(N)(c2ccccc2F)CC1. The molecule has 0 spiro atoms. The maximum Gasteiger partial charge on any atom is 0.128 e. The average molecular weight is 235 g/mol. The van der Waals surface area contributed by atoms with Gasteiger partial charge in [0.05, 0.1) is 0 Å². The molecule has 0 radical (unpaired) electrons. The zero-order chi connectivity index (χ0) is 12.5. The van der Waals surface area contributed by atoms with Crippen molar-refractivity contribution in [3.8, 4) is 0 Å². The molecule has 1 aliphatic carbocycles. The Morgan fingerprint density at radius 3 is 2.47 bits per heavy atom. The highest BCUT2D eigenvalue weighted by atomic mass is 19.1. The molecule has 2 heteroatoms. The van der Waals surface area contributed by atoms with Gasteiger partial charge in [0, 0.05) is 11.1 Å². The van der Waals surface area contributed by atoms with Crippen LogP contribution in [0.15, 0.2) is 24.3 Å². The highest BCUT2D eigenvalue weighted by Gasteiger charge is 2.35. The van der Waals surface area contributed by atoms with Crippen LogP contribution in [0.5, 0.6) is 0 Å². The summed E-state index contributed by atoms with van der Waals surface area (Å²) in [7, 11) is 0. The van der Waals surface area contributed by atoms with E-state index in [9.17, 15) is 4.39 Å². The second-order valence-corrected chi connectivity index (χ2v) is 6.15. The minimum Gasteiger partial charge on any atom is -0.321 e. The van der Waals surface area contributed by atoms with E-state index in [1.54, 1.807) is 6.07 Å². The van der Waals surface area contributed by atoms with E-state index in [1.165, 1.54) is 12.5 Å². The maximum absolute atomic E-state index is 13.9. The third kappa shape index (κ3) is 2.68. The first-order chi connectivity index (χ1) is 7.93. The number of nitrogens with two attached hydrogens (primary N) is 1. The standard InChI is InChI=1S/C15H22FN/c1-14(2)8-5-9-15(17,11-10-14)12-6-3-4-7-13(12)16/h3-4,6-7H,5,8-11,17H2,1-2H3. The summed E-state index contributed by atoms with van der Waals surface area (Å²) in [5, 5.41) is 0. The fraction of sp³-hybridized carbons (Fsp3) is 0.600. The topological polar surface area (TPSA) is 26.0 Å². The Morgan fingerprint density at radius 2 is 1.76 bits per heavy atom. The fourth-order valence-corrected chi connectivity index (χ4v) is 2.83. The Kier molecular flexibility index (Phi) is 3.26. The minimum atomic E-state index is -0.473. The highest BCUT2D eigenvalue weighted by molar-refractivity contribution is 5.26. The molecular weight excluding hydrogens is 213 g/mol. The molecule has 1 nitrogen and oxygen atoms in total. The van der Waals surface area contributed by atoms with E-state index in [2.05, 4.69) is 13.8 Å². The van der Waals surface area contributed by atoms with Gasteiger partial charge in [-0.1, -0.05) is 38.5 Å². The van der Waals surface area contributed by atoms with E-state index in [-0.39, 0.29) is 5.82 Å². The number of hydrogen-bond donors (Lipinski definition) is 1. The van der Waals surface area contributed by atoms with Crippen LogP contribution in [0, 0.1) is 11.2 Å². The third-order valence-corrected chi connectivity index (χ3v) is 4.13. The van der Waals surface area contributed by atoms with Crippen LogP contribution in [0.4, 0.5) is 4.39 Å². The van der Waals surface area contributed by atoms with Gasteiger partial charge in [-0.3, -0.25) is 0 Å². The molecule has 0 bridgehead atoms. The summed E-state index contributed by atoms with van der Waals surface area (Å²) in [5.74, 6) is -0.158. The second kappa shape index (κ2) is 4.41. The van der Waals surface area contributed by atoms with Gasteiger partial charge < -0.3 is 5.73 Å². The van der Waals surface area contributed by atoms with Gasteiger partial charge in [0.1, 0.15) is 5.82 Å². The third-order valence-electron chi connectivity index (χ3n) is 4.13. The molecule has 0 amide bonds. The van der Waals surface area contributed by atoms with Crippen molar-refractivity contribution >= 4 is 0 Å². The first-order valence-electron chi connectivity index (χ1n) is 6.47. The summed E-state index contributed by atoms with van der Waals surface area (Å²) in [4.78, 5) is 0. The normalized spacial score (nSPS) is 28.7. The van der Waals surface area contributed by atoms with Crippen LogP contribution in [-0.2, 0) is 5.54 Å². The quantitative estimate of drug-likeness (QED) is 0.732. The lowest BCUT2D eigenvalue weighted by Crippen LogP contribution is -2.37. The van der Waals surface area contributed by atoms with E-state index < -0.39 is 5.54 Å². The smallest absolute Gasteiger partial charge is 0.128 e. The Bertz CT molecular complexity index is 400. The molecule has 17 heavy (non-hydrogen) atoms. The van der Waals surface area contributed by atoms with Crippen LogP contribution >= 0.6 is 0 Å². The molecule has 94 valence electrons. The Hall–Kier alpha value is -0.890. The molecule has 1 fully saturated rings. The van der Waals surface area contributed by atoms with Gasteiger partial charge in [-0.05, 0) is 37.2 Å². The van der Waals surface area contributed by atoms with Gasteiger partial charge in [-0.15, -0.1) is 0 Å². The summed E-state index contributed by atoms with van der Waals surface area (Å²) in [6.45, 7) is 4.56. The van der Waals surface area contributed by atoms with E-state index in [1.807, 2.05) is 12.1 Å². The number of hydrogen-bond acceptors (Lipinski definition) is 1. The van der Waals surface area contributed by atoms with Crippen molar-refractivity contribution in [3.05, 3.63) is 35.6 Å². The predicted octanol–water partition coefficient (Wildman–Crippen LogP) is 3.97. The van der Waals surface area contributed by atoms with Gasteiger partial charge in [0.2, 0.25) is 0 Å². The van der Waals surface area contributed by atoms with Crippen molar-refractivity contribution in [2.75, 3.05) is 0 Å². The molecular formula is C15H22FN. The summed E-state index contributed by atoms with van der Waals surface area (Å²) >= 11 is 0. The van der Waals surface area contributed by atoms with Gasteiger partial charge in [0.25, 0.3) is 0 Å². The summed E-state index contributed by atoms with van der Waals surface area (Å²) in [5.41, 5.74) is 7.02. The van der Waals surface area contributed by atoms with Crippen LogP contribution < -0.4 is 5.73 Å². The molecule has 2 rings (SSSR count). The lowest BCUT2D eigenvalue weighted by atomic mass is 9.81. The predicted molar refractivity (Wildman–Crippen MR) is 69.1 cm³/mol. The van der Waals surface area contributed by atoms with E-state index in [4.69, 9.17) is 5.73 Å². The van der Waals surface area contributed by atoms with Crippen LogP contribution in [0.3, 0.4) is 0 Å². The molecule has 0 aromatic heterocycles. The minimum absolute atomic E-state index is 0.158. The van der Waals surface area contributed by atoms with Crippen molar-refractivity contribution in [2.24, 2.45) is 11.1 Å². The zero-order valence-electron chi connectivity index (χ0n) is 10.8. The molecule has 0 heterocycles. The van der Waals surface area contributed by atoms with E-state index >= 15 is 0 Å². The second-order valence-electron chi connectivity index (χ2n) is 6.15. The van der Waals surface area contributed by atoms with Gasteiger partial charge >= 0.3 is 0 Å². The van der Waals surface area contributed by atoms with Crippen molar-refractivity contribution < 1.29 is 4.39 Å². The first kappa shape index (κ1) is 12.6. The Morgan fingerprint density at radius 1 is 1.06 bits per heavy atom. The summed E-state index contributed by atoms with van der Waals surface area (Å²) < 4.78 is 13.9. The van der Waals surface area contributed by atoms with Gasteiger partial charge in [0.15, 0.2) is 0 Å². The molecule has 0 aliphatic heterocycles. The van der Waals surface area contributed by atoms with Gasteiger partial charge in [-0.2, -0.15) is 0 Å². The molecule has 1 saturated carbocycles. The molecule has 0 saturated heterocycles. The molecule has 1 unspecified atom stereocenters. The first-order valence-corrected chi connectivity index (χ1v) is 6.47. The van der Waals surface area contributed by atoms with Gasteiger partial charge in [-0.25, -0.2) is 4.39 Å². The van der Waals surface area contributed by atoms with Crippen molar-refractivity contribution in [2.45, 2.75) is 51.5 Å². The number of rotatable bonds is 1. The van der Waals surface area contributed by atoms with Crippen LogP contribution in [0.25, 0.3) is 0 Å². The lowest BCUT2D eigenvalue weighted by molar-refractivity contribution is 0.296. The molecule has 1 aromatic rings. The lowest BCUT2D eigenvalue weighted by Gasteiger charge is -2.30. The average Bonchev–Trinajstić information content (AvgIpc) is 2.40. The molecule has 2 N–H and O–H groups in total. The van der Waals surface area contributed by atoms with Crippen molar-refractivity contribution in [1.82, 2.24) is 0 Å². The number of benzene rings is 1. The highest BCUT2D eigenvalue weighted by Crippen LogP contribution is 2.41. The Balaban J connectivity index is 2.28. The van der Waals surface area contributed by atoms with Crippen molar-refractivity contribution in [3.63, 3.8) is 0 Å². The van der Waals surface area contributed by atoms with Crippen molar-refractivity contribution in [1.29, 1.82) is 0 Å². The molecule has 1 aromatic carbocycles. The summed E-state index contributed by atoms with van der Waals surface area (Å²) in [6, 6.07) is 6.96. The van der Waals surface area contributed by atoms with E-state index in [0.717, 1.165) is 25.7 Å². The Labute approximate surface area is 103 Å². The maximum atomic E-state index is 13.9. The zero-order valence-corrected chi connectivity index (χ0v) is 10.8. The van der Waals surface area contributed by atoms with Crippen LogP contribution in [0.1, 0.15) is 51.5 Å². The molecule has 1 aliphatic rings. The fourth-order valence-electron chi connectivity index (χ4n) is 2.83. The van der Waals surface area contributed by atoms with E-state index in [0.29, 0.717) is 11.0 Å². The monoisotopic (exact) mass is 235 g/mol. The number of halogens is 1.